The van der Waals surface area contributed by atoms with E-state index in [1.807, 2.05) is 6.92 Å². The third kappa shape index (κ3) is 5.12. The minimum atomic E-state index is -3.70. The van der Waals surface area contributed by atoms with Crippen LogP contribution in [-0.2, 0) is 14.8 Å². The van der Waals surface area contributed by atoms with Crippen LogP contribution in [-0.4, -0.2) is 58.7 Å². The summed E-state index contributed by atoms with van der Waals surface area (Å²) in [6.45, 7) is 5.23. The topological polar surface area (TPSA) is 94.2 Å². The maximum atomic E-state index is 13.1. The number of halogens is 1. The number of morpholine rings is 1. The van der Waals surface area contributed by atoms with Gasteiger partial charge in [-0.2, -0.15) is 4.31 Å². The van der Waals surface area contributed by atoms with Gasteiger partial charge in [-0.1, -0.05) is 17.7 Å². The minimum Gasteiger partial charge on any atom is -0.493 e. The molecule has 0 unspecified atom stereocenters. The second-order valence-electron chi connectivity index (χ2n) is 6.87. The van der Waals surface area contributed by atoms with Gasteiger partial charge in [0.15, 0.2) is 11.5 Å². The minimum absolute atomic E-state index is 0.148. The molecule has 168 valence electrons. The SMILES string of the molecule is CCOc1c(Cl)cc(C(=O)Nc2ccc(C)c(S(=O)(=O)N3CCOCC3)c2)cc1OC. The number of methoxy groups -OCH3 is 1. The fraction of sp³-hybridized carbons (Fsp3) is 0.381. The molecule has 1 aliphatic rings. The van der Waals surface area contributed by atoms with Crippen LogP contribution in [0.2, 0.25) is 5.02 Å². The lowest BCUT2D eigenvalue weighted by atomic mass is 10.1. The first-order valence-electron chi connectivity index (χ1n) is 9.78. The molecule has 2 aromatic rings. The van der Waals surface area contributed by atoms with Crippen LogP contribution in [0.25, 0.3) is 0 Å². The number of aryl methyl sites for hydroxylation is 1. The summed E-state index contributed by atoms with van der Waals surface area (Å²) >= 11 is 6.25. The molecule has 1 saturated heterocycles. The number of hydrogen-bond acceptors (Lipinski definition) is 6. The Labute approximate surface area is 187 Å². The maximum Gasteiger partial charge on any atom is 0.255 e. The molecule has 2 aromatic carbocycles. The number of rotatable bonds is 7. The summed E-state index contributed by atoms with van der Waals surface area (Å²) in [5.74, 6) is 0.234. The van der Waals surface area contributed by atoms with E-state index in [1.54, 1.807) is 19.1 Å². The van der Waals surface area contributed by atoms with Crippen molar-refractivity contribution in [1.29, 1.82) is 0 Å². The van der Waals surface area contributed by atoms with E-state index in [1.165, 1.54) is 29.6 Å². The number of amides is 1. The third-order valence-electron chi connectivity index (χ3n) is 4.81. The number of hydrogen-bond donors (Lipinski definition) is 1. The lowest BCUT2D eigenvalue weighted by Gasteiger charge is -2.26. The molecule has 1 fully saturated rings. The zero-order valence-corrected chi connectivity index (χ0v) is 19.2. The molecule has 0 aromatic heterocycles. The summed E-state index contributed by atoms with van der Waals surface area (Å²) in [6, 6.07) is 7.77. The highest BCUT2D eigenvalue weighted by atomic mass is 35.5. The van der Waals surface area contributed by atoms with Gasteiger partial charge < -0.3 is 19.5 Å². The highest BCUT2D eigenvalue weighted by molar-refractivity contribution is 7.89. The van der Waals surface area contributed by atoms with Gasteiger partial charge in [0.05, 0.1) is 36.8 Å². The van der Waals surface area contributed by atoms with Gasteiger partial charge in [-0.3, -0.25) is 4.79 Å². The molecule has 10 heteroatoms. The Morgan fingerprint density at radius 3 is 2.58 bits per heavy atom. The van der Waals surface area contributed by atoms with E-state index in [2.05, 4.69) is 5.32 Å². The summed E-state index contributed by atoms with van der Waals surface area (Å²) in [5.41, 5.74) is 1.20. The second kappa shape index (κ2) is 9.86. The van der Waals surface area contributed by atoms with Crippen molar-refractivity contribution < 1.29 is 27.4 Å². The average molecular weight is 469 g/mol. The van der Waals surface area contributed by atoms with Gasteiger partial charge in [-0.25, -0.2) is 8.42 Å². The maximum absolute atomic E-state index is 13.1. The summed E-state index contributed by atoms with van der Waals surface area (Å²) in [4.78, 5) is 13.0. The summed E-state index contributed by atoms with van der Waals surface area (Å²) < 4.78 is 43.5. The average Bonchev–Trinajstić information content (AvgIpc) is 2.76. The van der Waals surface area contributed by atoms with Crippen LogP contribution in [0.5, 0.6) is 11.5 Å². The predicted molar refractivity (Wildman–Crippen MR) is 118 cm³/mol. The fourth-order valence-corrected chi connectivity index (χ4v) is 5.14. The van der Waals surface area contributed by atoms with Crippen molar-refractivity contribution in [2.75, 3.05) is 45.3 Å². The third-order valence-corrected chi connectivity index (χ3v) is 7.14. The number of nitrogens with one attached hydrogen (secondary N) is 1. The van der Waals surface area contributed by atoms with Gasteiger partial charge in [0.2, 0.25) is 10.0 Å². The molecule has 1 heterocycles. The van der Waals surface area contributed by atoms with Crippen molar-refractivity contribution >= 4 is 33.2 Å². The van der Waals surface area contributed by atoms with Crippen molar-refractivity contribution in [1.82, 2.24) is 4.31 Å². The normalized spacial score (nSPS) is 14.8. The highest BCUT2D eigenvalue weighted by Crippen LogP contribution is 2.36. The molecular formula is C21H25ClN2O6S. The molecule has 0 radical (unpaired) electrons. The van der Waals surface area contributed by atoms with Gasteiger partial charge >= 0.3 is 0 Å². The molecule has 1 aliphatic heterocycles. The van der Waals surface area contributed by atoms with Crippen LogP contribution in [0.3, 0.4) is 0 Å². The summed E-state index contributed by atoms with van der Waals surface area (Å²) in [5, 5.41) is 2.97. The number of sulfonamides is 1. The molecule has 0 aliphatic carbocycles. The number of carbonyl (C=O) groups is 1. The second-order valence-corrected chi connectivity index (χ2v) is 9.19. The Bertz CT molecular complexity index is 1070. The zero-order valence-electron chi connectivity index (χ0n) is 17.6. The van der Waals surface area contributed by atoms with Crippen LogP contribution >= 0.6 is 11.6 Å². The molecule has 8 nitrogen and oxygen atoms in total. The zero-order chi connectivity index (χ0) is 22.6. The molecule has 0 saturated carbocycles. The largest absolute Gasteiger partial charge is 0.493 e. The van der Waals surface area contributed by atoms with Gasteiger partial charge in [0.1, 0.15) is 0 Å². The number of nitrogens with zero attached hydrogens (tertiary/aromatic N) is 1. The highest BCUT2D eigenvalue weighted by Gasteiger charge is 2.28. The van der Waals surface area contributed by atoms with Crippen LogP contribution in [0, 0.1) is 6.92 Å². The van der Waals surface area contributed by atoms with E-state index in [-0.39, 0.29) is 15.5 Å². The Morgan fingerprint density at radius 1 is 1.23 bits per heavy atom. The molecule has 0 bridgehead atoms. The van der Waals surface area contributed by atoms with Gasteiger partial charge in [-0.05, 0) is 43.7 Å². The van der Waals surface area contributed by atoms with Crippen LogP contribution in [0.1, 0.15) is 22.8 Å². The number of anilines is 1. The Hall–Kier alpha value is -2.33. The van der Waals surface area contributed by atoms with Crippen molar-refractivity contribution in [3.63, 3.8) is 0 Å². The molecule has 1 amide bonds. The Kier molecular flexibility index (Phi) is 7.42. The first-order chi connectivity index (χ1) is 14.8. The predicted octanol–water partition coefficient (Wildman–Crippen LogP) is 3.33. The van der Waals surface area contributed by atoms with E-state index >= 15 is 0 Å². The van der Waals surface area contributed by atoms with E-state index in [0.29, 0.717) is 55.7 Å². The number of benzene rings is 2. The number of ether oxygens (including phenoxy) is 3. The summed E-state index contributed by atoms with van der Waals surface area (Å²) in [7, 11) is -2.24. The standard InChI is InChI=1S/C21H25ClN2O6S/c1-4-30-20-17(22)11-15(12-18(20)28-3)21(25)23-16-6-5-14(2)19(13-16)31(26,27)24-7-9-29-10-8-24/h5-6,11-13H,4,7-10H2,1-3H3,(H,23,25). The van der Waals surface area contributed by atoms with E-state index < -0.39 is 15.9 Å². The van der Waals surface area contributed by atoms with E-state index in [4.69, 9.17) is 25.8 Å². The van der Waals surface area contributed by atoms with Gasteiger partial charge in [0, 0.05) is 24.3 Å². The van der Waals surface area contributed by atoms with Gasteiger partial charge in [0.25, 0.3) is 5.91 Å². The van der Waals surface area contributed by atoms with Crippen LogP contribution in [0.15, 0.2) is 35.2 Å². The Morgan fingerprint density at radius 2 is 1.94 bits per heavy atom. The van der Waals surface area contributed by atoms with Crippen LogP contribution in [0.4, 0.5) is 5.69 Å². The molecule has 0 spiro atoms. The lowest BCUT2D eigenvalue weighted by Crippen LogP contribution is -2.40. The summed E-state index contributed by atoms with van der Waals surface area (Å²) in [6.07, 6.45) is 0. The molecule has 3 rings (SSSR count). The first-order valence-corrected chi connectivity index (χ1v) is 11.6. The first kappa shape index (κ1) is 23.3. The van der Waals surface area contributed by atoms with E-state index in [0.717, 1.165) is 0 Å². The molecule has 31 heavy (non-hydrogen) atoms. The molecular weight excluding hydrogens is 444 g/mol. The monoisotopic (exact) mass is 468 g/mol. The van der Waals surface area contributed by atoms with Crippen molar-refractivity contribution in [2.24, 2.45) is 0 Å². The van der Waals surface area contributed by atoms with Crippen molar-refractivity contribution in [3.8, 4) is 11.5 Å². The number of carbonyl (C=O) groups excluding carboxylic acids is 1. The van der Waals surface area contributed by atoms with Crippen LogP contribution < -0.4 is 14.8 Å². The van der Waals surface area contributed by atoms with E-state index in [9.17, 15) is 13.2 Å². The smallest absolute Gasteiger partial charge is 0.255 e. The lowest BCUT2D eigenvalue weighted by molar-refractivity contribution is 0.0730. The fourth-order valence-electron chi connectivity index (χ4n) is 3.22. The Balaban J connectivity index is 1.87. The van der Waals surface area contributed by atoms with Crippen molar-refractivity contribution in [2.45, 2.75) is 18.7 Å². The molecule has 1 N–H and O–H groups in total. The molecule has 0 atom stereocenters. The quantitative estimate of drug-likeness (QED) is 0.669. The van der Waals surface area contributed by atoms with Gasteiger partial charge in [-0.15, -0.1) is 0 Å². The van der Waals surface area contributed by atoms with Crippen molar-refractivity contribution in [3.05, 3.63) is 46.5 Å².